The first-order chi connectivity index (χ1) is 15.8. The molecule has 2 aromatic carbocycles. The molecule has 0 radical (unpaired) electrons. The molecule has 178 valence electrons. The Morgan fingerprint density at radius 2 is 1.73 bits per heavy atom. The van der Waals surface area contributed by atoms with Crippen LogP contribution in [-0.2, 0) is 10.2 Å². The number of ether oxygens (including phenoxy) is 1. The summed E-state index contributed by atoms with van der Waals surface area (Å²) in [5.41, 5.74) is 2.81. The van der Waals surface area contributed by atoms with Crippen LogP contribution in [0, 0.1) is 5.92 Å². The molecule has 6 heteroatoms. The summed E-state index contributed by atoms with van der Waals surface area (Å²) in [5, 5.41) is 2.97. The quantitative estimate of drug-likeness (QED) is 0.591. The van der Waals surface area contributed by atoms with Gasteiger partial charge in [0.1, 0.15) is 5.75 Å². The van der Waals surface area contributed by atoms with Crippen molar-refractivity contribution >= 4 is 17.5 Å². The number of amides is 2. The number of carbonyl (C=O) groups is 2. The highest BCUT2D eigenvalue weighted by Gasteiger charge is 2.31. The monoisotopic (exact) mass is 451 g/mol. The normalized spacial score (nSPS) is 16.4. The van der Waals surface area contributed by atoms with Gasteiger partial charge in [0, 0.05) is 48.6 Å². The summed E-state index contributed by atoms with van der Waals surface area (Å²) >= 11 is 0. The minimum Gasteiger partial charge on any atom is -0.497 e. The lowest BCUT2D eigenvalue weighted by Crippen LogP contribution is -2.36. The van der Waals surface area contributed by atoms with Crippen molar-refractivity contribution in [2.45, 2.75) is 39.5 Å². The molecule has 3 rings (SSSR count). The molecule has 1 aliphatic heterocycles. The van der Waals surface area contributed by atoms with Crippen molar-refractivity contribution in [3.8, 4) is 5.75 Å². The molecule has 0 aromatic heterocycles. The van der Waals surface area contributed by atoms with E-state index in [1.807, 2.05) is 4.90 Å². The second kappa shape index (κ2) is 10.8. The zero-order valence-electron chi connectivity index (χ0n) is 20.6. The lowest BCUT2D eigenvalue weighted by Gasteiger charge is -2.32. The maximum atomic E-state index is 12.7. The molecule has 1 saturated heterocycles. The van der Waals surface area contributed by atoms with Gasteiger partial charge in [-0.15, -0.1) is 0 Å². The third-order valence-electron chi connectivity index (χ3n) is 6.58. The fraction of sp³-hybridized carbons (Fsp3) is 0.481. The summed E-state index contributed by atoms with van der Waals surface area (Å²) in [6.45, 7) is 13.1. The Morgan fingerprint density at radius 3 is 2.30 bits per heavy atom. The molecule has 2 aromatic rings. The van der Waals surface area contributed by atoms with E-state index in [9.17, 15) is 9.59 Å². The highest BCUT2D eigenvalue weighted by molar-refractivity contribution is 5.96. The number of nitrogens with one attached hydrogen (secondary N) is 1. The Bertz CT molecular complexity index is 934. The van der Waals surface area contributed by atoms with Gasteiger partial charge in [0.15, 0.2) is 0 Å². The summed E-state index contributed by atoms with van der Waals surface area (Å²) in [5.74, 6) is 0.779. The molecule has 1 heterocycles. The van der Waals surface area contributed by atoms with Gasteiger partial charge in [-0.3, -0.25) is 9.59 Å². The molecule has 33 heavy (non-hydrogen) atoms. The van der Waals surface area contributed by atoms with Gasteiger partial charge in [-0.05, 0) is 55.1 Å². The third-order valence-corrected chi connectivity index (χ3v) is 6.58. The predicted molar refractivity (Wildman–Crippen MR) is 133 cm³/mol. The smallest absolute Gasteiger partial charge is 0.251 e. The molecule has 1 atom stereocenters. The number of benzene rings is 2. The standard InChI is InChI=1S/C27H37N3O3/c1-6-29(7-2)19-27(3,4)22-10-12-23(13-11-22)30-18-20(16-25(30)31)17-28-26(32)21-8-14-24(33-5)15-9-21/h8-15,20H,6-7,16-19H2,1-5H3,(H,28,32). The van der Waals surface area contributed by atoms with E-state index in [1.54, 1.807) is 31.4 Å². The molecule has 0 aliphatic carbocycles. The van der Waals surface area contributed by atoms with Crippen LogP contribution < -0.4 is 15.0 Å². The van der Waals surface area contributed by atoms with E-state index < -0.39 is 0 Å². The topological polar surface area (TPSA) is 61.9 Å². The van der Waals surface area contributed by atoms with Crippen molar-refractivity contribution < 1.29 is 14.3 Å². The fourth-order valence-electron chi connectivity index (χ4n) is 4.44. The fourth-order valence-corrected chi connectivity index (χ4v) is 4.44. The van der Waals surface area contributed by atoms with Crippen LogP contribution in [0.2, 0.25) is 0 Å². The number of likely N-dealkylation sites (N-methyl/N-ethyl adjacent to an activating group) is 1. The van der Waals surface area contributed by atoms with Gasteiger partial charge >= 0.3 is 0 Å². The first kappa shape index (κ1) is 24.8. The molecule has 6 nitrogen and oxygen atoms in total. The van der Waals surface area contributed by atoms with Crippen LogP contribution in [0.5, 0.6) is 5.75 Å². The minimum atomic E-state index is -0.136. The predicted octanol–water partition coefficient (Wildman–Crippen LogP) is 4.10. The Balaban J connectivity index is 1.57. The van der Waals surface area contributed by atoms with Gasteiger partial charge in [-0.25, -0.2) is 0 Å². The van der Waals surface area contributed by atoms with Gasteiger partial charge in [0.2, 0.25) is 5.91 Å². The van der Waals surface area contributed by atoms with Crippen LogP contribution in [0.3, 0.4) is 0 Å². The van der Waals surface area contributed by atoms with Crippen molar-refractivity contribution in [3.63, 3.8) is 0 Å². The first-order valence-electron chi connectivity index (χ1n) is 11.8. The van der Waals surface area contributed by atoms with Crippen LogP contribution in [-0.4, -0.2) is 56.5 Å². The average molecular weight is 452 g/mol. The Hall–Kier alpha value is -2.86. The van der Waals surface area contributed by atoms with E-state index in [2.05, 4.69) is 62.2 Å². The van der Waals surface area contributed by atoms with E-state index in [1.165, 1.54) is 5.56 Å². The summed E-state index contributed by atoms with van der Waals surface area (Å²) in [6, 6.07) is 15.4. The number of hydrogen-bond acceptors (Lipinski definition) is 4. The van der Waals surface area contributed by atoms with Crippen molar-refractivity contribution in [1.29, 1.82) is 0 Å². The van der Waals surface area contributed by atoms with Gasteiger partial charge in [0.25, 0.3) is 5.91 Å². The summed E-state index contributed by atoms with van der Waals surface area (Å²) in [6.07, 6.45) is 0.443. The van der Waals surface area contributed by atoms with E-state index in [-0.39, 0.29) is 23.1 Å². The van der Waals surface area contributed by atoms with E-state index in [4.69, 9.17) is 4.74 Å². The molecule has 1 fully saturated rings. The summed E-state index contributed by atoms with van der Waals surface area (Å²) in [4.78, 5) is 29.4. The highest BCUT2D eigenvalue weighted by Crippen LogP contribution is 2.29. The largest absolute Gasteiger partial charge is 0.497 e. The molecular weight excluding hydrogens is 414 g/mol. The second-order valence-electron chi connectivity index (χ2n) is 9.41. The van der Waals surface area contributed by atoms with Crippen LogP contribution in [0.4, 0.5) is 5.69 Å². The van der Waals surface area contributed by atoms with Crippen molar-refractivity contribution in [1.82, 2.24) is 10.2 Å². The first-order valence-corrected chi connectivity index (χ1v) is 11.8. The van der Waals surface area contributed by atoms with E-state index >= 15 is 0 Å². The third kappa shape index (κ3) is 6.14. The summed E-state index contributed by atoms with van der Waals surface area (Å²) in [7, 11) is 1.60. The molecule has 2 amide bonds. The molecule has 1 aliphatic rings. The zero-order valence-corrected chi connectivity index (χ0v) is 20.6. The molecule has 0 bridgehead atoms. The number of anilines is 1. The van der Waals surface area contributed by atoms with Crippen LogP contribution in [0.15, 0.2) is 48.5 Å². The lowest BCUT2D eigenvalue weighted by atomic mass is 9.84. The highest BCUT2D eigenvalue weighted by atomic mass is 16.5. The van der Waals surface area contributed by atoms with Gasteiger partial charge in [-0.2, -0.15) is 0 Å². The Morgan fingerprint density at radius 1 is 1.09 bits per heavy atom. The number of nitrogens with zero attached hydrogens (tertiary/aromatic N) is 2. The second-order valence-corrected chi connectivity index (χ2v) is 9.41. The van der Waals surface area contributed by atoms with E-state index in [0.717, 1.165) is 25.3 Å². The number of rotatable bonds is 10. The van der Waals surface area contributed by atoms with Crippen molar-refractivity contribution in [2.75, 3.05) is 44.7 Å². The van der Waals surface area contributed by atoms with Crippen LogP contribution in [0.25, 0.3) is 0 Å². The van der Waals surface area contributed by atoms with E-state index in [0.29, 0.717) is 30.8 Å². The number of methoxy groups -OCH3 is 1. The van der Waals surface area contributed by atoms with Gasteiger partial charge in [-0.1, -0.05) is 39.8 Å². The Labute approximate surface area is 197 Å². The lowest BCUT2D eigenvalue weighted by molar-refractivity contribution is -0.117. The maximum absolute atomic E-state index is 12.7. The minimum absolute atomic E-state index is 0.0356. The zero-order chi connectivity index (χ0) is 24.0. The van der Waals surface area contributed by atoms with Crippen molar-refractivity contribution in [3.05, 3.63) is 59.7 Å². The number of hydrogen-bond donors (Lipinski definition) is 1. The summed E-state index contributed by atoms with van der Waals surface area (Å²) < 4.78 is 5.13. The maximum Gasteiger partial charge on any atom is 0.251 e. The SMILES string of the molecule is CCN(CC)CC(C)(C)c1ccc(N2CC(CNC(=O)c3ccc(OC)cc3)CC2=O)cc1. The van der Waals surface area contributed by atoms with Crippen molar-refractivity contribution in [2.24, 2.45) is 5.92 Å². The molecular formula is C27H37N3O3. The average Bonchev–Trinajstić information content (AvgIpc) is 3.21. The number of carbonyl (C=O) groups excluding carboxylic acids is 2. The molecule has 0 saturated carbocycles. The van der Waals surface area contributed by atoms with Crippen LogP contribution >= 0.6 is 0 Å². The van der Waals surface area contributed by atoms with Crippen LogP contribution in [0.1, 0.15) is 50.0 Å². The molecule has 1 unspecified atom stereocenters. The Kier molecular flexibility index (Phi) is 8.14. The molecule has 1 N–H and O–H groups in total. The molecule has 0 spiro atoms. The van der Waals surface area contributed by atoms with Gasteiger partial charge in [0.05, 0.1) is 7.11 Å². The van der Waals surface area contributed by atoms with Gasteiger partial charge < -0.3 is 19.9 Å².